The van der Waals surface area contributed by atoms with Gasteiger partial charge in [-0.25, -0.2) is 0 Å². The molecule has 0 bridgehead atoms. The van der Waals surface area contributed by atoms with Crippen LogP contribution in [0.15, 0.2) is 0 Å². The molecule has 2 fully saturated rings. The summed E-state index contributed by atoms with van der Waals surface area (Å²) in [6, 6.07) is 0. The van der Waals surface area contributed by atoms with Crippen molar-refractivity contribution in [2.75, 3.05) is 13.2 Å². The summed E-state index contributed by atoms with van der Waals surface area (Å²) in [4.78, 5) is 0. The van der Waals surface area contributed by atoms with Gasteiger partial charge in [-0.3, -0.25) is 0 Å². The van der Waals surface area contributed by atoms with Gasteiger partial charge in [-0.15, -0.1) is 0 Å². The minimum Gasteiger partial charge on any atom is -0.393 e. The molecule has 1 saturated heterocycles. The minimum absolute atomic E-state index is 0.0855. The molecule has 0 aromatic heterocycles. The van der Waals surface area contributed by atoms with Gasteiger partial charge in [-0.1, -0.05) is 13.8 Å². The van der Waals surface area contributed by atoms with Crippen molar-refractivity contribution in [1.82, 2.24) is 0 Å². The standard InChI is InChI=1S/C11H20O2/c1-8(2)9-3-4-11(5-10(9)12)6-13-7-11/h8-10,12H,3-7H2,1-2H3/t9-,10+/m0/s1. The number of rotatable bonds is 1. The first-order valence-corrected chi connectivity index (χ1v) is 5.39. The van der Waals surface area contributed by atoms with Gasteiger partial charge >= 0.3 is 0 Å². The molecular formula is C11H20O2. The fourth-order valence-electron chi connectivity index (χ4n) is 2.79. The van der Waals surface area contributed by atoms with E-state index in [2.05, 4.69) is 13.8 Å². The van der Waals surface area contributed by atoms with Crippen molar-refractivity contribution in [3.8, 4) is 0 Å². The molecule has 1 aliphatic carbocycles. The number of aliphatic hydroxyl groups excluding tert-OH is 1. The zero-order valence-electron chi connectivity index (χ0n) is 8.62. The lowest BCUT2D eigenvalue weighted by Gasteiger charge is -2.49. The summed E-state index contributed by atoms with van der Waals surface area (Å²) in [5, 5.41) is 9.98. The normalized spacial score (nSPS) is 37.8. The molecule has 0 amide bonds. The molecule has 1 heterocycles. The Balaban J connectivity index is 1.95. The van der Waals surface area contributed by atoms with Crippen molar-refractivity contribution in [2.45, 2.75) is 39.2 Å². The SMILES string of the molecule is CC(C)[C@@H]1CCC2(COC2)C[C@H]1O. The van der Waals surface area contributed by atoms with Gasteiger partial charge in [0, 0.05) is 5.41 Å². The van der Waals surface area contributed by atoms with Gasteiger partial charge < -0.3 is 9.84 Å². The second-order valence-electron chi connectivity index (χ2n) is 5.21. The van der Waals surface area contributed by atoms with Crippen LogP contribution in [0.4, 0.5) is 0 Å². The highest BCUT2D eigenvalue weighted by Gasteiger charge is 2.45. The summed E-state index contributed by atoms with van der Waals surface area (Å²) in [7, 11) is 0. The molecule has 1 aliphatic heterocycles. The molecule has 13 heavy (non-hydrogen) atoms. The van der Waals surface area contributed by atoms with Gasteiger partial charge in [0.05, 0.1) is 19.3 Å². The Hall–Kier alpha value is -0.0800. The lowest BCUT2D eigenvalue weighted by atomic mass is 9.65. The molecule has 1 N–H and O–H groups in total. The van der Waals surface area contributed by atoms with Crippen molar-refractivity contribution < 1.29 is 9.84 Å². The number of aliphatic hydroxyl groups is 1. The molecule has 1 spiro atoms. The zero-order chi connectivity index (χ0) is 9.47. The topological polar surface area (TPSA) is 29.5 Å². The first kappa shape index (κ1) is 9.47. The van der Waals surface area contributed by atoms with Crippen molar-refractivity contribution in [3.63, 3.8) is 0 Å². The molecule has 2 atom stereocenters. The summed E-state index contributed by atoms with van der Waals surface area (Å²) in [5.74, 6) is 1.14. The second kappa shape index (κ2) is 3.25. The van der Waals surface area contributed by atoms with Gasteiger partial charge in [-0.2, -0.15) is 0 Å². The Kier molecular flexibility index (Phi) is 2.37. The number of hydrogen-bond donors (Lipinski definition) is 1. The van der Waals surface area contributed by atoms with Gasteiger partial charge in [0.25, 0.3) is 0 Å². The van der Waals surface area contributed by atoms with Crippen molar-refractivity contribution in [3.05, 3.63) is 0 Å². The highest BCUT2D eigenvalue weighted by molar-refractivity contribution is 4.94. The van der Waals surface area contributed by atoms with E-state index in [4.69, 9.17) is 4.74 Å². The van der Waals surface area contributed by atoms with Crippen molar-refractivity contribution in [1.29, 1.82) is 0 Å². The Morgan fingerprint density at radius 3 is 2.46 bits per heavy atom. The molecular weight excluding hydrogens is 164 g/mol. The summed E-state index contributed by atoms with van der Waals surface area (Å²) >= 11 is 0. The van der Waals surface area contributed by atoms with Crippen LogP contribution in [0.25, 0.3) is 0 Å². The summed E-state index contributed by atoms with van der Waals surface area (Å²) in [6.45, 7) is 6.19. The predicted octanol–water partition coefficient (Wildman–Crippen LogP) is 1.82. The first-order chi connectivity index (χ1) is 6.13. The molecule has 2 heteroatoms. The van der Waals surface area contributed by atoms with Gasteiger partial charge in [0.15, 0.2) is 0 Å². The Bertz CT molecular complexity index is 185. The number of hydrogen-bond acceptors (Lipinski definition) is 2. The maximum atomic E-state index is 9.98. The largest absolute Gasteiger partial charge is 0.393 e. The minimum atomic E-state index is -0.0855. The van der Waals surface area contributed by atoms with E-state index in [1.165, 1.54) is 12.8 Å². The van der Waals surface area contributed by atoms with Crippen LogP contribution in [0.1, 0.15) is 33.1 Å². The summed E-state index contributed by atoms with van der Waals surface area (Å²) in [5.41, 5.74) is 0.366. The van der Waals surface area contributed by atoms with E-state index in [9.17, 15) is 5.11 Å². The van der Waals surface area contributed by atoms with Crippen LogP contribution in [-0.2, 0) is 4.74 Å². The van der Waals surface area contributed by atoms with Crippen LogP contribution < -0.4 is 0 Å². The molecule has 1 saturated carbocycles. The fourth-order valence-corrected chi connectivity index (χ4v) is 2.79. The monoisotopic (exact) mass is 184 g/mol. The molecule has 0 radical (unpaired) electrons. The van der Waals surface area contributed by atoms with E-state index < -0.39 is 0 Å². The smallest absolute Gasteiger partial charge is 0.0577 e. The quantitative estimate of drug-likeness (QED) is 0.673. The predicted molar refractivity (Wildman–Crippen MR) is 51.4 cm³/mol. The Morgan fingerprint density at radius 2 is 2.08 bits per heavy atom. The molecule has 76 valence electrons. The average molecular weight is 184 g/mol. The van der Waals surface area contributed by atoms with Gasteiger partial charge in [0.1, 0.15) is 0 Å². The summed E-state index contributed by atoms with van der Waals surface area (Å²) < 4.78 is 5.25. The summed E-state index contributed by atoms with van der Waals surface area (Å²) in [6.07, 6.45) is 3.32. The zero-order valence-corrected chi connectivity index (χ0v) is 8.62. The van der Waals surface area contributed by atoms with E-state index >= 15 is 0 Å². The maximum absolute atomic E-state index is 9.98. The highest BCUT2D eigenvalue weighted by Crippen LogP contribution is 2.45. The first-order valence-electron chi connectivity index (χ1n) is 5.39. The third-order valence-corrected chi connectivity index (χ3v) is 3.82. The van der Waals surface area contributed by atoms with Crippen LogP contribution in [0.3, 0.4) is 0 Å². The lowest BCUT2D eigenvalue weighted by molar-refractivity contribution is -0.164. The molecule has 0 aromatic rings. The van der Waals surface area contributed by atoms with E-state index in [0.717, 1.165) is 19.6 Å². The third-order valence-electron chi connectivity index (χ3n) is 3.82. The van der Waals surface area contributed by atoms with Gasteiger partial charge in [0.2, 0.25) is 0 Å². The number of ether oxygens (including phenoxy) is 1. The highest BCUT2D eigenvalue weighted by atomic mass is 16.5. The van der Waals surface area contributed by atoms with E-state index in [0.29, 0.717) is 17.3 Å². The van der Waals surface area contributed by atoms with Crippen LogP contribution in [0.5, 0.6) is 0 Å². The molecule has 2 nitrogen and oxygen atoms in total. The molecule has 2 rings (SSSR count). The molecule has 2 aliphatic rings. The fraction of sp³-hybridized carbons (Fsp3) is 1.00. The Labute approximate surface area is 80.3 Å². The maximum Gasteiger partial charge on any atom is 0.0577 e. The molecule has 0 aromatic carbocycles. The van der Waals surface area contributed by atoms with Crippen LogP contribution in [-0.4, -0.2) is 24.4 Å². The van der Waals surface area contributed by atoms with E-state index in [1.807, 2.05) is 0 Å². The van der Waals surface area contributed by atoms with Gasteiger partial charge in [-0.05, 0) is 31.1 Å². The van der Waals surface area contributed by atoms with Crippen molar-refractivity contribution >= 4 is 0 Å². The van der Waals surface area contributed by atoms with Crippen LogP contribution in [0, 0.1) is 17.3 Å². The average Bonchev–Trinajstić information content (AvgIpc) is 2.00. The van der Waals surface area contributed by atoms with Crippen LogP contribution in [0.2, 0.25) is 0 Å². The van der Waals surface area contributed by atoms with Crippen LogP contribution >= 0.6 is 0 Å². The van der Waals surface area contributed by atoms with Crippen molar-refractivity contribution in [2.24, 2.45) is 17.3 Å². The molecule has 0 unspecified atom stereocenters. The lowest BCUT2D eigenvalue weighted by Crippen LogP contribution is -2.50. The van der Waals surface area contributed by atoms with E-state index in [1.54, 1.807) is 0 Å². The van der Waals surface area contributed by atoms with E-state index in [-0.39, 0.29) is 6.10 Å². The second-order valence-corrected chi connectivity index (χ2v) is 5.21. The third kappa shape index (κ3) is 1.62. The Morgan fingerprint density at radius 1 is 1.38 bits per heavy atom.